The van der Waals surface area contributed by atoms with Crippen molar-refractivity contribution in [2.24, 2.45) is 0 Å². The first-order valence-electron chi connectivity index (χ1n) is 13.5. The summed E-state index contributed by atoms with van der Waals surface area (Å²) in [7, 11) is 0. The van der Waals surface area contributed by atoms with Crippen LogP contribution >= 0.6 is 23.6 Å². The number of nitrogen functional groups attached to an aromatic ring is 1. The van der Waals surface area contributed by atoms with Crippen LogP contribution in [0.2, 0.25) is 0 Å². The van der Waals surface area contributed by atoms with Crippen molar-refractivity contribution in [3.8, 4) is 23.4 Å². The van der Waals surface area contributed by atoms with Crippen LogP contribution in [0.5, 0.6) is 0 Å². The molecule has 0 unspecified atom stereocenters. The van der Waals surface area contributed by atoms with Gasteiger partial charge in [-0.15, -0.1) is 11.3 Å². The monoisotopic (exact) mass is 608 g/mol. The van der Waals surface area contributed by atoms with Gasteiger partial charge in [0.15, 0.2) is 4.96 Å². The highest BCUT2D eigenvalue weighted by Gasteiger charge is 2.25. The normalized spacial score (nSPS) is 13.6. The highest BCUT2D eigenvalue weighted by Crippen LogP contribution is 2.30. The smallest absolute Gasteiger partial charge is 0.278 e. The zero-order valence-corrected chi connectivity index (χ0v) is 26.5. The van der Waals surface area contributed by atoms with E-state index in [1.165, 1.54) is 26.9 Å². The molecule has 8 nitrogen and oxygen atoms in total. The van der Waals surface area contributed by atoms with E-state index in [1.54, 1.807) is 5.38 Å². The average Bonchev–Trinajstić information content (AvgIpc) is 3.32. The highest BCUT2D eigenvalue weighted by atomic mass is 32.1. The topological polar surface area (TPSA) is 137 Å². The maximum atomic E-state index is 12.5. The number of rotatable bonds is 2. The molecule has 1 amide bonds. The molecule has 43 heavy (non-hydrogen) atoms. The van der Waals surface area contributed by atoms with Crippen molar-refractivity contribution in [1.29, 1.82) is 10.5 Å². The van der Waals surface area contributed by atoms with Crippen LogP contribution in [0, 0.1) is 22.7 Å². The molecular weight excluding hydrogens is 577 g/mol. The zero-order chi connectivity index (χ0) is 31.7. The fourth-order valence-corrected chi connectivity index (χ4v) is 5.57. The van der Waals surface area contributed by atoms with E-state index >= 15 is 0 Å². The van der Waals surface area contributed by atoms with Crippen molar-refractivity contribution in [3.63, 3.8) is 0 Å². The molecule has 0 radical (unpaired) electrons. The molecule has 0 saturated carbocycles. The number of amides is 1. The first-order valence-corrected chi connectivity index (χ1v) is 14.8. The van der Waals surface area contributed by atoms with Gasteiger partial charge in [0.25, 0.3) is 11.5 Å². The van der Waals surface area contributed by atoms with E-state index in [0.717, 1.165) is 11.1 Å². The van der Waals surface area contributed by atoms with Crippen molar-refractivity contribution >= 4 is 50.8 Å². The first kappa shape index (κ1) is 31.3. The van der Waals surface area contributed by atoms with Gasteiger partial charge in [0.1, 0.15) is 29.1 Å². The highest BCUT2D eigenvalue weighted by molar-refractivity contribution is 7.80. The third kappa shape index (κ3) is 6.56. The number of aromatic nitrogens is 2. The summed E-state index contributed by atoms with van der Waals surface area (Å²) in [5, 5.41) is 22.7. The molecule has 2 aromatic carbocycles. The number of benzene rings is 2. The van der Waals surface area contributed by atoms with Gasteiger partial charge in [-0.05, 0) is 33.1 Å². The molecule has 0 spiro atoms. The van der Waals surface area contributed by atoms with Crippen LogP contribution in [0.1, 0.15) is 70.2 Å². The first-order chi connectivity index (χ1) is 20.1. The van der Waals surface area contributed by atoms with E-state index in [4.69, 9.17) is 23.2 Å². The lowest BCUT2D eigenvalue weighted by Crippen LogP contribution is -2.34. The molecule has 3 heterocycles. The number of fused-ring (bicyclic) bond motifs is 1. The van der Waals surface area contributed by atoms with Crippen LogP contribution in [-0.2, 0) is 15.6 Å². The van der Waals surface area contributed by atoms with Gasteiger partial charge in [0.2, 0.25) is 0 Å². The number of hydrogen-bond donors (Lipinski definition) is 2. The van der Waals surface area contributed by atoms with Crippen LogP contribution < -0.4 is 16.6 Å². The largest absolute Gasteiger partial charge is 0.384 e. The molecule has 0 atom stereocenters. The van der Waals surface area contributed by atoms with Gasteiger partial charge < -0.3 is 11.1 Å². The molecule has 3 N–H and O–H groups in total. The summed E-state index contributed by atoms with van der Waals surface area (Å²) in [5.41, 5.74) is 10.8. The van der Waals surface area contributed by atoms with Crippen molar-refractivity contribution in [2.75, 3.05) is 5.73 Å². The van der Waals surface area contributed by atoms with Crippen LogP contribution in [0.3, 0.4) is 0 Å². The number of nitrogens with one attached hydrogen (secondary N) is 1. The van der Waals surface area contributed by atoms with Crippen LogP contribution in [0.15, 0.2) is 64.3 Å². The fraction of sp³-hybridized carbons (Fsp3) is 0.273. The molecule has 0 aliphatic carbocycles. The Morgan fingerprint density at radius 3 is 1.93 bits per heavy atom. The van der Waals surface area contributed by atoms with E-state index in [1.807, 2.05) is 60.7 Å². The lowest BCUT2D eigenvalue weighted by molar-refractivity contribution is -0.115. The van der Waals surface area contributed by atoms with Gasteiger partial charge in [-0.2, -0.15) is 10.5 Å². The molecule has 0 saturated heterocycles. The second-order valence-corrected chi connectivity index (χ2v) is 13.5. The van der Waals surface area contributed by atoms with Gasteiger partial charge in [-0.3, -0.25) is 9.59 Å². The quantitative estimate of drug-likeness (QED) is 0.255. The summed E-state index contributed by atoms with van der Waals surface area (Å²) in [5.74, 6) is -0.104. The predicted octanol–water partition coefficient (Wildman–Crippen LogP) is 6.28. The molecule has 1 aliphatic rings. The number of nitrogens with two attached hydrogens (primary N) is 1. The molecule has 1 aliphatic heterocycles. The number of anilines is 1. The molecule has 10 heteroatoms. The number of nitriles is 2. The Kier molecular flexibility index (Phi) is 8.68. The van der Waals surface area contributed by atoms with Gasteiger partial charge in [-0.1, -0.05) is 102 Å². The van der Waals surface area contributed by atoms with Crippen LogP contribution in [0.4, 0.5) is 5.82 Å². The maximum absolute atomic E-state index is 12.5. The Labute approximate surface area is 260 Å². The van der Waals surface area contributed by atoms with Crippen molar-refractivity contribution in [2.45, 2.75) is 58.8 Å². The fourth-order valence-electron chi connectivity index (χ4n) is 4.57. The number of carbonyl (C=O) groups is 1. The van der Waals surface area contributed by atoms with E-state index < -0.39 is 11.5 Å². The van der Waals surface area contributed by atoms with Crippen molar-refractivity contribution < 1.29 is 4.79 Å². The summed E-state index contributed by atoms with van der Waals surface area (Å²) in [4.78, 5) is 29.7. The minimum Gasteiger partial charge on any atom is -0.384 e. The van der Waals surface area contributed by atoms with E-state index in [0.29, 0.717) is 33.5 Å². The standard InChI is InChI=1S/C17H16N4OS.C16H16N2OS/c1-17(2,3)11-6-4-10(5-7-11)14-12(8-18)15(22)21-13(19)9-23-16(21)20-14;1-16(2,3)11-6-4-10(5-7-11)12-8-14(20)18-15(19)13(12)9-17/h4-7,9H,19H2,1-3H3;4-7H,8H2,1-3H3,(H,18,19,20). The second kappa shape index (κ2) is 11.9. The number of nitrogens with zero attached hydrogens (tertiary/aromatic N) is 4. The SMILES string of the molecule is CC(C)(C)c1ccc(-c2nc3scc(N)n3c(=O)c2C#N)cc1.CC(C)(C)c1ccc(C2=C(C#N)C(=O)NC(=S)C2)cc1. The number of carbonyl (C=O) groups excluding carboxylic acids is 1. The molecule has 218 valence electrons. The minimum absolute atomic E-state index is 0.0103. The van der Waals surface area contributed by atoms with Crippen molar-refractivity contribution in [1.82, 2.24) is 14.7 Å². The molecule has 0 fully saturated rings. The molecule has 4 aromatic rings. The van der Waals surface area contributed by atoms with E-state index in [2.05, 4.69) is 51.8 Å². The van der Waals surface area contributed by atoms with E-state index in [-0.39, 0.29) is 22.0 Å². The molecule has 0 bridgehead atoms. The third-order valence-electron chi connectivity index (χ3n) is 7.06. The summed E-state index contributed by atoms with van der Waals surface area (Å²) in [6, 6.07) is 19.7. The lowest BCUT2D eigenvalue weighted by atomic mass is 9.85. The molecule has 2 aromatic heterocycles. The zero-order valence-electron chi connectivity index (χ0n) is 24.9. The van der Waals surface area contributed by atoms with Crippen molar-refractivity contribution in [3.05, 3.63) is 92.1 Å². The Balaban J connectivity index is 0.000000199. The maximum Gasteiger partial charge on any atom is 0.278 e. The Morgan fingerprint density at radius 1 is 0.907 bits per heavy atom. The summed E-state index contributed by atoms with van der Waals surface area (Å²) in [6.07, 6.45) is 0.429. The third-order valence-corrected chi connectivity index (χ3v) is 8.15. The van der Waals surface area contributed by atoms with Gasteiger partial charge in [0, 0.05) is 17.4 Å². The number of thiocarbonyl (C=S) groups is 1. The van der Waals surface area contributed by atoms with Crippen LogP contribution in [0.25, 0.3) is 21.8 Å². The Bertz CT molecular complexity index is 1900. The average molecular weight is 609 g/mol. The second-order valence-electron chi connectivity index (χ2n) is 12.2. The molecule has 5 rings (SSSR count). The summed E-state index contributed by atoms with van der Waals surface area (Å²) < 4.78 is 1.27. The Morgan fingerprint density at radius 2 is 1.44 bits per heavy atom. The number of thiazole rings is 1. The Hall–Kier alpha value is -4.64. The predicted molar refractivity (Wildman–Crippen MR) is 176 cm³/mol. The summed E-state index contributed by atoms with van der Waals surface area (Å²) in [6.45, 7) is 12.8. The van der Waals surface area contributed by atoms with Gasteiger partial charge in [0.05, 0.1) is 10.7 Å². The van der Waals surface area contributed by atoms with Gasteiger partial charge >= 0.3 is 0 Å². The lowest BCUT2D eigenvalue weighted by Gasteiger charge is -2.21. The number of hydrogen-bond acceptors (Lipinski definition) is 8. The molecular formula is C33H32N6O2S2. The van der Waals surface area contributed by atoms with E-state index in [9.17, 15) is 14.9 Å². The summed E-state index contributed by atoms with van der Waals surface area (Å²) >= 11 is 6.35. The van der Waals surface area contributed by atoms with Gasteiger partial charge in [-0.25, -0.2) is 9.38 Å². The van der Waals surface area contributed by atoms with Crippen LogP contribution in [-0.4, -0.2) is 20.3 Å². The minimum atomic E-state index is -0.425.